The van der Waals surface area contributed by atoms with Gasteiger partial charge < -0.3 is 10.2 Å². The summed E-state index contributed by atoms with van der Waals surface area (Å²) in [6.45, 7) is 10.6. The van der Waals surface area contributed by atoms with Crippen LogP contribution in [0.25, 0.3) is 0 Å². The zero-order valence-corrected chi connectivity index (χ0v) is 19.9. The van der Waals surface area contributed by atoms with Gasteiger partial charge in [0, 0.05) is 32.7 Å². The maximum absolute atomic E-state index is 13.4. The van der Waals surface area contributed by atoms with Gasteiger partial charge in [-0.2, -0.15) is 4.31 Å². The molecule has 162 valence electrons. The number of hydrogen-bond donors (Lipinski definition) is 1. The molecule has 0 unspecified atom stereocenters. The molecular formula is C23H31N3O2S2. The van der Waals surface area contributed by atoms with Crippen LogP contribution in [0.3, 0.4) is 0 Å². The number of nitrogens with one attached hydrogen (secondary N) is 1. The molecule has 1 fully saturated rings. The van der Waals surface area contributed by atoms with Crippen LogP contribution in [0.4, 0.5) is 0 Å². The lowest BCUT2D eigenvalue weighted by Crippen LogP contribution is -2.53. The highest BCUT2D eigenvalue weighted by atomic mass is 32.2. The predicted octanol–water partition coefficient (Wildman–Crippen LogP) is 3.34. The first-order valence-electron chi connectivity index (χ1n) is 10.4. The van der Waals surface area contributed by atoms with Gasteiger partial charge in [0.05, 0.1) is 4.90 Å². The SMILES string of the molecule is Cc1cc(C)c(C)c(S(=O)(=O)N2CCN(C(=S)NCCc3ccccc3)CC2)c1C. The minimum absolute atomic E-state index is 0.439. The third kappa shape index (κ3) is 4.85. The molecule has 0 amide bonds. The summed E-state index contributed by atoms with van der Waals surface area (Å²) in [6.07, 6.45) is 0.903. The fourth-order valence-electron chi connectivity index (χ4n) is 3.90. The summed E-state index contributed by atoms with van der Waals surface area (Å²) >= 11 is 5.54. The highest BCUT2D eigenvalue weighted by Gasteiger charge is 2.32. The number of thiocarbonyl (C=S) groups is 1. The van der Waals surface area contributed by atoms with Gasteiger partial charge in [-0.25, -0.2) is 8.42 Å². The molecule has 0 atom stereocenters. The van der Waals surface area contributed by atoms with E-state index in [0.717, 1.165) is 35.2 Å². The number of sulfonamides is 1. The molecule has 2 aromatic carbocycles. The van der Waals surface area contributed by atoms with Gasteiger partial charge in [0.1, 0.15) is 0 Å². The molecule has 0 bridgehead atoms. The van der Waals surface area contributed by atoms with Crippen LogP contribution in [0.5, 0.6) is 0 Å². The highest BCUT2D eigenvalue weighted by Crippen LogP contribution is 2.29. The summed E-state index contributed by atoms with van der Waals surface area (Å²) in [5.74, 6) is 0. The molecule has 2 aromatic rings. The summed E-state index contributed by atoms with van der Waals surface area (Å²) < 4.78 is 28.4. The lowest BCUT2D eigenvalue weighted by Gasteiger charge is -2.36. The molecule has 0 aliphatic carbocycles. The Morgan fingerprint density at radius 1 is 0.967 bits per heavy atom. The second kappa shape index (κ2) is 9.45. The second-order valence-corrected chi connectivity index (χ2v) is 10.2. The Morgan fingerprint density at radius 2 is 1.53 bits per heavy atom. The monoisotopic (exact) mass is 445 g/mol. The molecule has 0 radical (unpaired) electrons. The number of hydrogen-bond acceptors (Lipinski definition) is 3. The third-order valence-corrected chi connectivity index (χ3v) is 8.53. The maximum atomic E-state index is 13.4. The van der Waals surface area contributed by atoms with Gasteiger partial charge in [0.25, 0.3) is 0 Å². The molecule has 30 heavy (non-hydrogen) atoms. The molecule has 3 rings (SSSR count). The van der Waals surface area contributed by atoms with Crippen molar-refractivity contribution in [2.45, 2.75) is 39.0 Å². The van der Waals surface area contributed by atoms with Crippen molar-refractivity contribution in [2.24, 2.45) is 0 Å². The number of rotatable bonds is 5. The van der Waals surface area contributed by atoms with Crippen molar-refractivity contribution in [3.8, 4) is 0 Å². The Balaban J connectivity index is 1.60. The average Bonchev–Trinajstić information content (AvgIpc) is 2.73. The highest BCUT2D eigenvalue weighted by molar-refractivity contribution is 7.89. The molecule has 1 N–H and O–H groups in total. The molecular weight excluding hydrogens is 414 g/mol. The van der Waals surface area contributed by atoms with E-state index in [9.17, 15) is 8.42 Å². The molecule has 0 aromatic heterocycles. The number of benzene rings is 2. The number of nitrogens with zero attached hydrogens (tertiary/aromatic N) is 2. The van der Waals surface area contributed by atoms with Crippen LogP contribution in [0.15, 0.2) is 41.3 Å². The first-order chi connectivity index (χ1) is 14.2. The van der Waals surface area contributed by atoms with E-state index < -0.39 is 10.0 Å². The Labute approximate surface area is 186 Å². The summed E-state index contributed by atoms with van der Waals surface area (Å²) in [5.41, 5.74) is 4.98. The Morgan fingerprint density at radius 3 is 2.10 bits per heavy atom. The number of aryl methyl sites for hydroxylation is 2. The summed E-state index contributed by atoms with van der Waals surface area (Å²) in [5, 5.41) is 4.00. The maximum Gasteiger partial charge on any atom is 0.243 e. The van der Waals surface area contributed by atoms with Gasteiger partial charge in [-0.1, -0.05) is 36.4 Å². The van der Waals surface area contributed by atoms with Gasteiger partial charge >= 0.3 is 0 Å². The van der Waals surface area contributed by atoms with Crippen molar-refractivity contribution >= 4 is 27.4 Å². The first kappa shape index (κ1) is 22.7. The van der Waals surface area contributed by atoms with Crippen LogP contribution in [0.2, 0.25) is 0 Å². The fraction of sp³-hybridized carbons (Fsp3) is 0.435. The zero-order chi connectivity index (χ0) is 21.9. The van der Waals surface area contributed by atoms with Crippen molar-refractivity contribution in [1.29, 1.82) is 0 Å². The van der Waals surface area contributed by atoms with Crippen LogP contribution in [0.1, 0.15) is 27.8 Å². The van der Waals surface area contributed by atoms with E-state index in [1.807, 2.05) is 45.9 Å². The Bertz CT molecular complexity index is 986. The van der Waals surface area contributed by atoms with Crippen LogP contribution in [-0.2, 0) is 16.4 Å². The summed E-state index contributed by atoms with van der Waals surface area (Å²) in [7, 11) is -3.53. The molecule has 7 heteroatoms. The van der Waals surface area contributed by atoms with Crippen molar-refractivity contribution < 1.29 is 8.42 Å². The van der Waals surface area contributed by atoms with Crippen LogP contribution in [0, 0.1) is 27.7 Å². The molecule has 0 spiro atoms. The van der Waals surface area contributed by atoms with Gasteiger partial charge in [-0.3, -0.25) is 0 Å². The Hall–Kier alpha value is -1.96. The fourth-order valence-corrected chi connectivity index (χ4v) is 6.18. The van der Waals surface area contributed by atoms with Gasteiger partial charge in [0.15, 0.2) is 5.11 Å². The molecule has 0 saturated carbocycles. The van der Waals surface area contributed by atoms with E-state index in [-0.39, 0.29) is 0 Å². The molecule has 1 heterocycles. The molecule has 1 aliphatic heterocycles. The van der Waals surface area contributed by atoms with Gasteiger partial charge in [-0.05, 0) is 74.2 Å². The van der Waals surface area contributed by atoms with Crippen LogP contribution >= 0.6 is 12.2 Å². The normalized spacial score (nSPS) is 15.3. The van der Waals surface area contributed by atoms with Gasteiger partial charge in [-0.15, -0.1) is 0 Å². The molecule has 1 aliphatic rings. The lowest BCUT2D eigenvalue weighted by molar-refractivity contribution is 0.264. The van der Waals surface area contributed by atoms with E-state index in [1.54, 1.807) is 4.31 Å². The third-order valence-electron chi connectivity index (χ3n) is 5.95. The smallest absolute Gasteiger partial charge is 0.243 e. The first-order valence-corrected chi connectivity index (χ1v) is 12.2. The van der Waals surface area contributed by atoms with E-state index in [2.05, 4.69) is 28.4 Å². The largest absolute Gasteiger partial charge is 0.362 e. The molecule has 5 nitrogen and oxygen atoms in total. The van der Waals surface area contributed by atoms with E-state index in [4.69, 9.17) is 12.2 Å². The predicted molar refractivity (Wildman–Crippen MR) is 126 cm³/mol. The number of piperazine rings is 1. The van der Waals surface area contributed by atoms with Crippen LogP contribution < -0.4 is 5.32 Å². The van der Waals surface area contributed by atoms with E-state index in [1.165, 1.54) is 5.56 Å². The summed E-state index contributed by atoms with van der Waals surface area (Å²) in [4.78, 5) is 2.53. The standard InChI is InChI=1S/C23H31N3O2S2/c1-17-16-18(2)20(4)22(19(17)3)30(27,28)26-14-12-25(13-15-26)23(29)24-11-10-21-8-6-5-7-9-21/h5-9,16H,10-15H2,1-4H3,(H,24,29). The van der Waals surface area contributed by atoms with Crippen molar-refractivity contribution in [2.75, 3.05) is 32.7 Å². The van der Waals surface area contributed by atoms with Crippen molar-refractivity contribution in [3.63, 3.8) is 0 Å². The molecule has 1 saturated heterocycles. The van der Waals surface area contributed by atoms with Crippen molar-refractivity contribution in [3.05, 3.63) is 64.2 Å². The quantitative estimate of drug-likeness (QED) is 0.716. The second-order valence-electron chi connectivity index (χ2n) is 7.95. The van der Waals surface area contributed by atoms with Gasteiger partial charge in [0.2, 0.25) is 10.0 Å². The summed E-state index contributed by atoms with van der Waals surface area (Å²) in [6, 6.07) is 12.3. The lowest BCUT2D eigenvalue weighted by atomic mass is 10.0. The minimum atomic E-state index is -3.53. The average molecular weight is 446 g/mol. The zero-order valence-electron chi connectivity index (χ0n) is 18.2. The van der Waals surface area contributed by atoms with Crippen molar-refractivity contribution in [1.82, 2.24) is 14.5 Å². The van der Waals surface area contributed by atoms with E-state index >= 15 is 0 Å². The van der Waals surface area contributed by atoms with E-state index in [0.29, 0.717) is 36.2 Å². The Kier molecular flexibility index (Phi) is 7.16. The minimum Gasteiger partial charge on any atom is -0.362 e. The van der Waals surface area contributed by atoms with Crippen LogP contribution in [-0.4, -0.2) is 55.5 Å². The topological polar surface area (TPSA) is 52.7 Å².